The summed E-state index contributed by atoms with van der Waals surface area (Å²) in [6.07, 6.45) is 3.09. The molecule has 3 rings (SSSR count). The van der Waals surface area contributed by atoms with Crippen LogP contribution in [0.2, 0.25) is 10.0 Å². The third kappa shape index (κ3) is 2.84. The molecule has 0 radical (unpaired) electrons. The highest BCUT2D eigenvalue weighted by molar-refractivity contribution is 6.35. The van der Waals surface area contributed by atoms with Crippen molar-refractivity contribution in [2.24, 2.45) is 0 Å². The fourth-order valence-corrected chi connectivity index (χ4v) is 2.49. The second kappa shape index (κ2) is 5.82. The maximum Gasteiger partial charge on any atom is 0.276 e. The van der Waals surface area contributed by atoms with Gasteiger partial charge in [0.15, 0.2) is 5.69 Å². The normalized spacial score (nSPS) is 10.7. The molecule has 2 heterocycles. The van der Waals surface area contributed by atoms with Gasteiger partial charge in [0.1, 0.15) is 0 Å². The summed E-state index contributed by atoms with van der Waals surface area (Å²) < 4.78 is 1.60. The summed E-state index contributed by atoms with van der Waals surface area (Å²) in [5.41, 5.74) is 2.29. The lowest BCUT2D eigenvalue weighted by atomic mass is 10.3. The van der Waals surface area contributed by atoms with E-state index in [1.807, 2.05) is 6.92 Å². The minimum atomic E-state index is -0.326. The van der Waals surface area contributed by atoms with Gasteiger partial charge in [-0.1, -0.05) is 23.2 Å². The number of H-pyrrole nitrogens is 1. The van der Waals surface area contributed by atoms with Crippen molar-refractivity contribution < 1.29 is 4.79 Å². The molecule has 0 fully saturated rings. The molecule has 0 spiro atoms. The van der Waals surface area contributed by atoms with Gasteiger partial charge in [-0.2, -0.15) is 10.2 Å². The zero-order chi connectivity index (χ0) is 15.7. The number of aryl methyl sites for hydroxylation is 1. The molecule has 6 nitrogen and oxygen atoms in total. The lowest BCUT2D eigenvalue weighted by Crippen LogP contribution is -2.12. The SMILES string of the molecule is Cc1cc(C(=O)Nc2cn[nH]c2)nn1-c1ccc(Cl)cc1Cl. The number of aromatic amines is 1. The van der Waals surface area contributed by atoms with Crippen molar-refractivity contribution in [3.63, 3.8) is 0 Å². The Labute approximate surface area is 136 Å². The third-order valence-corrected chi connectivity index (χ3v) is 3.55. The van der Waals surface area contributed by atoms with Crippen molar-refractivity contribution in [2.75, 3.05) is 5.32 Å². The number of hydrogen-bond acceptors (Lipinski definition) is 3. The predicted octanol–water partition coefficient (Wildman–Crippen LogP) is 3.46. The van der Waals surface area contributed by atoms with Gasteiger partial charge in [-0.15, -0.1) is 0 Å². The van der Waals surface area contributed by atoms with E-state index in [-0.39, 0.29) is 11.6 Å². The fraction of sp³-hybridized carbons (Fsp3) is 0.0714. The Morgan fingerprint density at radius 3 is 2.82 bits per heavy atom. The maximum atomic E-state index is 12.2. The maximum absolute atomic E-state index is 12.2. The molecule has 3 aromatic rings. The van der Waals surface area contributed by atoms with Crippen molar-refractivity contribution in [1.82, 2.24) is 20.0 Å². The molecule has 0 bridgehead atoms. The van der Waals surface area contributed by atoms with Crippen molar-refractivity contribution in [3.8, 4) is 5.69 Å². The molecule has 8 heteroatoms. The van der Waals surface area contributed by atoms with E-state index in [4.69, 9.17) is 23.2 Å². The Bertz CT molecular complexity index is 826. The first-order chi connectivity index (χ1) is 10.5. The Morgan fingerprint density at radius 2 is 2.14 bits per heavy atom. The van der Waals surface area contributed by atoms with E-state index in [9.17, 15) is 4.79 Å². The predicted molar refractivity (Wildman–Crippen MR) is 84.9 cm³/mol. The molecule has 0 atom stereocenters. The molecule has 22 heavy (non-hydrogen) atoms. The first-order valence-corrected chi connectivity index (χ1v) is 7.12. The topological polar surface area (TPSA) is 75.6 Å². The van der Waals surface area contributed by atoms with Gasteiger partial charge in [0.05, 0.1) is 22.6 Å². The number of aromatic nitrogens is 4. The van der Waals surface area contributed by atoms with Crippen LogP contribution in [-0.4, -0.2) is 25.9 Å². The zero-order valence-electron chi connectivity index (χ0n) is 11.5. The lowest BCUT2D eigenvalue weighted by molar-refractivity contribution is 0.102. The molecule has 112 valence electrons. The van der Waals surface area contributed by atoms with Crippen LogP contribution < -0.4 is 5.32 Å². The summed E-state index contributed by atoms with van der Waals surface area (Å²) in [5.74, 6) is -0.326. The van der Waals surface area contributed by atoms with Crippen molar-refractivity contribution >= 4 is 34.8 Å². The number of nitrogens with zero attached hydrogens (tertiary/aromatic N) is 3. The van der Waals surface area contributed by atoms with Gasteiger partial charge < -0.3 is 5.32 Å². The van der Waals surface area contributed by atoms with E-state index in [1.54, 1.807) is 35.1 Å². The summed E-state index contributed by atoms with van der Waals surface area (Å²) in [7, 11) is 0. The van der Waals surface area contributed by atoms with E-state index in [2.05, 4.69) is 20.6 Å². The van der Waals surface area contributed by atoms with Crippen molar-refractivity contribution in [1.29, 1.82) is 0 Å². The van der Waals surface area contributed by atoms with Crippen LogP contribution in [0.15, 0.2) is 36.7 Å². The van der Waals surface area contributed by atoms with E-state index >= 15 is 0 Å². The fourth-order valence-electron chi connectivity index (χ4n) is 2.00. The molecule has 1 aromatic carbocycles. The summed E-state index contributed by atoms with van der Waals surface area (Å²) in [5, 5.41) is 14.4. The van der Waals surface area contributed by atoms with Gasteiger partial charge in [-0.25, -0.2) is 4.68 Å². The minimum Gasteiger partial charge on any atom is -0.318 e. The average Bonchev–Trinajstić information content (AvgIpc) is 3.09. The highest BCUT2D eigenvalue weighted by atomic mass is 35.5. The van der Waals surface area contributed by atoms with E-state index in [0.29, 0.717) is 21.4 Å². The number of halogens is 2. The summed E-state index contributed by atoms with van der Waals surface area (Å²) in [6, 6.07) is 6.78. The molecular weight excluding hydrogens is 325 g/mol. The van der Waals surface area contributed by atoms with Crippen LogP contribution in [0, 0.1) is 6.92 Å². The van der Waals surface area contributed by atoms with Gasteiger partial charge in [-0.05, 0) is 31.2 Å². The molecule has 0 aliphatic heterocycles. The van der Waals surface area contributed by atoms with Crippen molar-refractivity contribution in [3.05, 3.63) is 58.1 Å². The Hall–Kier alpha value is -2.31. The number of benzene rings is 1. The molecule has 0 saturated heterocycles. The van der Waals surface area contributed by atoms with Crippen LogP contribution in [0.5, 0.6) is 0 Å². The first-order valence-electron chi connectivity index (χ1n) is 6.37. The summed E-state index contributed by atoms with van der Waals surface area (Å²) >= 11 is 12.1. The van der Waals surface area contributed by atoms with E-state index in [0.717, 1.165) is 5.69 Å². The van der Waals surface area contributed by atoms with Gasteiger partial charge >= 0.3 is 0 Å². The van der Waals surface area contributed by atoms with Gasteiger partial charge in [0, 0.05) is 16.9 Å². The molecule has 2 N–H and O–H groups in total. The largest absolute Gasteiger partial charge is 0.318 e. The number of hydrogen-bond donors (Lipinski definition) is 2. The quantitative estimate of drug-likeness (QED) is 0.769. The lowest BCUT2D eigenvalue weighted by Gasteiger charge is -2.06. The second-order valence-electron chi connectivity index (χ2n) is 4.62. The Kier molecular flexibility index (Phi) is 3.87. The molecule has 0 saturated carbocycles. The highest BCUT2D eigenvalue weighted by Gasteiger charge is 2.15. The summed E-state index contributed by atoms with van der Waals surface area (Å²) in [4.78, 5) is 12.2. The van der Waals surface area contributed by atoms with Gasteiger partial charge in [-0.3, -0.25) is 9.89 Å². The van der Waals surface area contributed by atoms with Crippen LogP contribution in [-0.2, 0) is 0 Å². The van der Waals surface area contributed by atoms with Crippen LogP contribution >= 0.6 is 23.2 Å². The number of amides is 1. The van der Waals surface area contributed by atoms with E-state index < -0.39 is 0 Å². The third-order valence-electron chi connectivity index (χ3n) is 3.01. The van der Waals surface area contributed by atoms with Crippen LogP contribution in [0.3, 0.4) is 0 Å². The van der Waals surface area contributed by atoms with E-state index in [1.165, 1.54) is 6.20 Å². The minimum absolute atomic E-state index is 0.282. The smallest absolute Gasteiger partial charge is 0.276 e. The zero-order valence-corrected chi connectivity index (χ0v) is 13.0. The Balaban J connectivity index is 1.92. The monoisotopic (exact) mass is 335 g/mol. The number of nitrogens with one attached hydrogen (secondary N) is 2. The molecule has 0 unspecified atom stereocenters. The second-order valence-corrected chi connectivity index (χ2v) is 5.46. The highest BCUT2D eigenvalue weighted by Crippen LogP contribution is 2.25. The number of rotatable bonds is 3. The molecule has 0 aliphatic carbocycles. The van der Waals surface area contributed by atoms with Crippen molar-refractivity contribution in [2.45, 2.75) is 6.92 Å². The van der Waals surface area contributed by atoms with Crippen LogP contribution in [0.4, 0.5) is 5.69 Å². The molecule has 1 amide bonds. The molecule has 2 aromatic heterocycles. The molecule has 0 aliphatic rings. The van der Waals surface area contributed by atoms with Gasteiger partial charge in [0.25, 0.3) is 5.91 Å². The number of anilines is 1. The number of carbonyl (C=O) groups excluding carboxylic acids is 1. The first kappa shape index (κ1) is 14.6. The van der Waals surface area contributed by atoms with Crippen LogP contribution in [0.25, 0.3) is 5.69 Å². The van der Waals surface area contributed by atoms with Gasteiger partial charge in [0.2, 0.25) is 0 Å². The average molecular weight is 336 g/mol. The molecular formula is C14H11Cl2N5O. The standard InChI is InChI=1S/C14H11Cl2N5O/c1-8-4-12(14(22)19-10-6-17-18-7-10)20-21(8)13-3-2-9(15)5-11(13)16/h2-7H,1H3,(H,17,18)(H,19,22). The van der Waals surface area contributed by atoms with Crippen LogP contribution in [0.1, 0.15) is 16.2 Å². The Morgan fingerprint density at radius 1 is 1.32 bits per heavy atom. The number of carbonyl (C=O) groups is 1. The summed E-state index contributed by atoms with van der Waals surface area (Å²) in [6.45, 7) is 1.84.